The predicted octanol–water partition coefficient (Wildman–Crippen LogP) is 2.91. The summed E-state index contributed by atoms with van der Waals surface area (Å²) in [4.78, 5) is 6.79. The van der Waals surface area contributed by atoms with Crippen molar-refractivity contribution in [1.82, 2.24) is 15.5 Å². The van der Waals surface area contributed by atoms with Crippen molar-refractivity contribution in [2.75, 3.05) is 26.7 Å². The van der Waals surface area contributed by atoms with Crippen LogP contribution in [0.2, 0.25) is 0 Å². The first kappa shape index (κ1) is 17.5. The highest BCUT2D eigenvalue weighted by Crippen LogP contribution is 2.14. The lowest BCUT2D eigenvalue weighted by Crippen LogP contribution is -2.36. The topological polar surface area (TPSA) is 39.7 Å². The van der Waals surface area contributed by atoms with Gasteiger partial charge in [0.1, 0.15) is 0 Å². The maximum atomic E-state index is 4.21. The first-order valence-electron chi connectivity index (χ1n) is 8.67. The summed E-state index contributed by atoms with van der Waals surface area (Å²) >= 11 is 0. The van der Waals surface area contributed by atoms with E-state index in [1.54, 1.807) is 7.05 Å². The molecule has 1 fully saturated rings. The molecule has 2 rings (SSSR count). The zero-order chi connectivity index (χ0) is 16.3. The molecular formula is C19H30N4. The molecule has 0 radical (unpaired) electrons. The lowest BCUT2D eigenvalue weighted by molar-refractivity contribution is 0.277. The molecule has 0 spiro atoms. The molecule has 4 nitrogen and oxygen atoms in total. The van der Waals surface area contributed by atoms with E-state index in [0.29, 0.717) is 6.54 Å². The van der Waals surface area contributed by atoms with E-state index in [0.717, 1.165) is 19.0 Å². The second kappa shape index (κ2) is 10.1. The van der Waals surface area contributed by atoms with Gasteiger partial charge < -0.3 is 10.6 Å². The fourth-order valence-corrected chi connectivity index (χ4v) is 2.97. The number of hydrogen-bond acceptors (Lipinski definition) is 2. The predicted molar refractivity (Wildman–Crippen MR) is 98.6 cm³/mol. The van der Waals surface area contributed by atoms with Crippen LogP contribution in [0.15, 0.2) is 41.9 Å². The van der Waals surface area contributed by atoms with E-state index in [2.05, 4.69) is 51.4 Å². The standard InChI is InChI=1S/C19H30N4/c1-3-11-21-19(20-2)22-15-17-9-8-10-18(14-17)16-23-12-6-4-5-7-13-23/h3,8-10,14H,1,4-7,11-13,15-16H2,2H3,(H2,20,21,22). The Labute approximate surface area is 140 Å². The smallest absolute Gasteiger partial charge is 0.191 e. The van der Waals surface area contributed by atoms with Crippen LogP contribution in [0, 0.1) is 0 Å². The normalized spacial score (nSPS) is 16.7. The van der Waals surface area contributed by atoms with Gasteiger partial charge in [-0.3, -0.25) is 9.89 Å². The molecule has 0 bridgehead atoms. The Hall–Kier alpha value is -1.81. The molecular weight excluding hydrogens is 284 g/mol. The summed E-state index contributed by atoms with van der Waals surface area (Å²) in [6.45, 7) is 8.75. The molecule has 0 aliphatic carbocycles. The maximum Gasteiger partial charge on any atom is 0.191 e. The second-order valence-electron chi connectivity index (χ2n) is 6.11. The number of nitrogens with zero attached hydrogens (tertiary/aromatic N) is 2. The van der Waals surface area contributed by atoms with Crippen LogP contribution in [0.25, 0.3) is 0 Å². The zero-order valence-electron chi connectivity index (χ0n) is 14.4. The van der Waals surface area contributed by atoms with Gasteiger partial charge in [0.2, 0.25) is 0 Å². The Morgan fingerprint density at radius 1 is 1.17 bits per heavy atom. The van der Waals surface area contributed by atoms with Crippen molar-refractivity contribution >= 4 is 5.96 Å². The van der Waals surface area contributed by atoms with Crippen molar-refractivity contribution in [2.45, 2.75) is 38.8 Å². The van der Waals surface area contributed by atoms with Crippen molar-refractivity contribution in [1.29, 1.82) is 0 Å². The van der Waals surface area contributed by atoms with Crippen LogP contribution in [0.4, 0.5) is 0 Å². The van der Waals surface area contributed by atoms with Gasteiger partial charge in [-0.1, -0.05) is 43.2 Å². The van der Waals surface area contributed by atoms with Crippen LogP contribution in [-0.2, 0) is 13.1 Å². The van der Waals surface area contributed by atoms with Gasteiger partial charge in [-0.2, -0.15) is 0 Å². The van der Waals surface area contributed by atoms with Crippen molar-refractivity contribution in [3.8, 4) is 0 Å². The summed E-state index contributed by atoms with van der Waals surface area (Å²) in [5, 5.41) is 6.53. The number of likely N-dealkylation sites (tertiary alicyclic amines) is 1. The molecule has 0 unspecified atom stereocenters. The number of nitrogens with one attached hydrogen (secondary N) is 2. The number of benzene rings is 1. The number of aliphatic imine (C=N–C) groups is 1. The summed E-state index contributed by atoms with van der Waals surface area (Å²) in [6, 6.07) is 8.86. The Morgan fingerprint density at radius 2 is 1.91 bits per heavy atom. The lowest BCUT2D eigenvalue weighted by atomic mass is 10.1. The van der Waals surface area contributed by atoms with Gasteiger partial charge >= 0.3 is 0 Å². The largest absolute Gasteiger partial charge is 0.353 e. The number of hydrogen-bond donors (Lipinski definition) is 2. The minimum atomic E-state index is 0.717. The molecule has 0 amide bonds. The maximum absolute atomic E-state index is 4.21. The zero-order valence-corrected chi connectivity index (χ0v) is 14.4. The SMILES string of the molecule is C=CCNC(=NC)NCc1cccc(CN2CCCCCC2)c1. The van der Waals surface area contributed by atoms with Crippen LogP contribution in [0.3, 0.4) is 0 Å². The summed E-state index contributed by atoms with van der Waals surface area (Å²) in [5.74, 6) is 0.808. The molecule has 126 valence electrons. The Kier molecular flexibility index (Phi) is 7.67. The van der Waals surface area contributed by atoms with Gasteiger partial charge in [0, 0.05) is 26.7 Å². The first-order valence-corrected chi connectivity index (χ1v) is 8.67. The quantitative estimate of drug-likeness (QED) is 0.482. The van der Waals surface area contributed by atoms with Crippen LogP contribution < -0.4 is 10.6 Å². The minimum Gasteiger partial charge on any atom is -0.353 e. The lowest BCUT2D eigenvalue weighted by Gasteiger charge is -2.20. The van der Waals surface area contributed by atoms with Gasteiger partial charge in [-0.15, -0.1) is 6.58 Å². The van der Waals surface area contributed by atoms with Gasteiger partial charge in [0.05, 0.1) is 0 Å². The van der Waals surface area contributed by atoms with Gasteiger partial charge in [0.15, 0.2) is 5.96 Å². The third-order valence-corrected chi connectivity index (χ3v) is 4.19. The molecule has 1 aromatic rings. The van der Waals surface area contributed by atoms with Crippen LogP contribution in [-0.4, -0.2) is 37.5 Å². The molecule has 0 saturated carbocycles. The molecule has 1 aromatic carbocycles. The highest BCUT2D eigenvalue weighted by molar-refractivity contribution is 5.79. The minimum absolute atomic E-state index is 0.717. The van der Waals surface area contributed by atoms with Crippen molar-refractivity contribution in [2.24, 2.45) is 4.99 Å². The monoisotopic (exact) mass is 314 g/mol. The highest BCUT2D eigenvalue weighted by atomic mass is 15.2. The molecule has 2 N–H and O–H groups in total. The average molecular weight is 314 g/mol. The molecule has 0 aromatic heterocycles. The third kappa shape index (κ3) is 6.45. The second-order valence-corrected chi connectivity index (χ2v) is 6.11. The van der Waals surface area contributed by atoms with E-state index in [9.17, 15) is 0 Å². The van der Waals surface area contributed by atoms with Gasteiger partial charge in [-0.25, -0.2) is 0 Å². The highest BCUT2D eigenvalue weighted by Gasteiger charge is 2.09. The van der Waals surface area contributed by atoms with E-state index in [1.807, 2.05) is 6.08 Å². The molecule has 4 heteroatoms. The van der Waals surface area contributed by atoms with Crippen LogP contribution in [0.5, 0.6) is 0 Å². The van der Waals surface area contributed by atoms with Crippen molar-refractivity contribution in [3.05, 3.63) is 48.0 Å². The van der Waals surface area contributed by atoms with E-state index < -0.39 is 0 Å². The summed E-state index contributed by atoms with van der Waals surface area (Å²) < 4.78 is 0. The van der Waals surface area contributed by atoms with Gasteiger partial charge in [0.25, 0.3) is 0 Å². The van der Waals surface area contributed by atoms with E-state index in [1.165, 1.54) is 49.9 Å². The third-order valence-electron chi connectivity index (χ3n) is 4.19. The molecule has 23 heavy (non-hydrogen) atoms. The summed E-state index contributed by atoms with van der Waals surface area (Å²) in [6.07, 6.45) is 7.28. The van der Waals surface area contributed by atoms with Crippen LogP contribution in [0.1, 0.15) is 36.8 Å². The molecule has 1 aliphatic rings. The Morgan fingerprint density at radius 3 is 2.61 bits per heavy atom. The first-order chi connectivity index (χ1) is 11.3. The fourth-order valence-electron chi connectivity index (χ4n) is 2.97. The van der Waals surface area contributed by atoms with E-state index in [4.69, 9.17) is 0 Å². The molecule has 1 heterocycles. The van der Waals surface area contributed by atoms with E-state index >= 15 is 0 Å². The van der Waals surface area contributed by atoms with Gasteiger partial charge in [-0.05, 0) is 37.1 Å². The molecule has 1 aliphatic heterocycles. The fraction of sp³-hybridized carbons (Fsp3) is 0.526. The van der Waals surface area contributed by atoms with Crippen molar-refractivity contribution in [3.63, 3.8) is 0 Å². The van der Waals surface area contributed by atoms with Crippen LogP contribution >= 0.6 is 0 Å². The average Bonchev–Trinajstić information content (AvgIpc) is 2.84. The molecule has 0 atom stereocenters. The summed E-state index contributed by atoms with van der Waals surface area (Å²) in [7, 11) is 1.79. The van der Waals surface area contributed by atoms with Crippen molar-refractivity contribution < 1.29 is 0 Å². The summed E-state index contributed by atoms with van der Waals surface area (Å²) in [5.41, 5.74) is 2.69. The Balaban J connectivity index is 1.87. The number of guanidine groups is 1. The molecule has 1 saturated heterocycles. The Bertz CT molecular complexity index is 502. The van der Waals surface area contributed by atoms with E-state index in [-0.39, 0.29) is 0 Å². The number of rotatable bonds is 6.